The van der Waals surface area contributed by atoms with Crippen molar-refractivity contribution in [1.82, 2.24) is 0 Å². The van der Waals surface area contributed by atoms with Gasteiger partial charge in [-0.2, -0.15) is 16.8 Å². The Morgan fingerprint density at radius 2 is 1.08 bits per heavy atom. The molecular formula is C14H17N3O6S2. The van der Waals surface area contributed by atoms with Crippen LogP contribution in [0, 0.1) is 0 Å². The van der Waals surface area contributed by atoms with Crippen molar-refractivity contribution in [2.45, 2.75) is 9.79 Å². The summed E-state index contributed by atoms with van der Waals surface area (Å²) in [6.07, 6.45) is 0. The highest BCUT2D eigenvalue weighted by molar-refractivity contribution is 7.86. The second-order valence-corrected chi connectivity index (χ2v) is 7.78. The Labute approximate surface area is 145 Å². The van der Waals surface area contributed by atoms with Crippen LogP contribution in [0.3, 0.4) is 0 Å². The molecule has 2 aromatic rings. The van der Waals surface area contributed by atoms with Crippen LogP contribution in [-0.2, 0) is 20.2 Å². The van der Waals surface area contributed by atoms with E-state index in [0.29, 0.717) is 11.4 Å². The van der Waals surface area contributed by atoms with Crippen molar-refractivity contribution in [1.29, 1.82) is 0 Å². The van der Waals surface area contributed by atoms with Gasteiger partial charge in [0.05, 0.1) is 11.4 Å². The first-order valence-electron chi connectivity index (χ1n) is 6.92. The minimum atomic E-state index is -4.57. The summed E-state index contributed by atoms with van der Waals surface area (Å²) in [5.41, 5.74) is 0.754. The highest BCUT2D eigenvalue weighted by Crippen LogP contribution is 2.32. The van der Waals surface area contributed by atoms with E-state index in [1.807, 2.05) is 0 Å². The predicted molar refractivity (Wildman–Crippen MR) is 94.9 cm³/mol. The third kappa shape index (κ3) is 4.39. The molecule has 25 heavy (non-hydrogen) atoms. The predicted octanol–water partition coefficient (Wildman–Crippen LogP) is 2.01. The molecule has 0 spiro atoms. The van der Waals surface area contributed by atoms with Gasteiger partial charge in [0, 0.05) is 25.5 Å². The highest BCUT2D eigenvalue weighted by atomic mass is 32.2. The molecule has 0 aliphatic heterocycles. The van der Waals surface area contributed by atoms with Gasteiger partial charge < -0.3 is 16.0 Å². The Bertz CT molecular complexity index is 922. The Balaban J connectivity index is 2.61. The number of rotatable bonds is 6. The standard InChI is InChI=1S/C14H17N3O6S2/c1-15-9-3-5-11(13(7-9)24(18,19)20)17-12-6-4-10(16-2)8-14(12)25(21,22)23/h3-8,15-17H,1-2H3,(H,18,19,20)(H,21,22,23). The number of hydrogen-bond acceptors (Lipinski definition) is 7. The Morgan fingerprint density at radius 1 is 0.720 bits per heavy atom. The minimum absolute atomic E-state index is 0.0522. The maximum absolute atomic E-state index is 11.6. The summed E-state index contributed by atoms with van der Waals surface area (Å²) < 4.78 is 65.2. The van der Waals surface area contributed by atoms with Crippen LogP contribution in [0.5, 0.6) is 0 Å². The molecule has 0 atom stereocenters. The van der Waals surface area contributed by atoms with E-state index >= 15 is 0 Å². The van der Waals surface area contributed by atoms with Gasteiger partial charge in [-0.1, -0.05) is 0 Å². The molecule has 0 aliphatic rings. The van der Waals surface area contributed by atoms with Gasteiger partial charge in [-0.15, -0.1) is 0 Å². The van der Waals surface area contributed by atoms with Crippen LogP contribution in [-0.4, -0.2) is 40.0 Å². The van der Waals surface area contributed by atoms with Gasteiger partial charge in [-0.05, 0) is 36.4 Å². The fourth-order valence-corrected chi connectivity index (χ4v) is 3.48. The van der Waals surface area contributed by atoms with E-state index in [9.17, 15) is 25.9 Å². The van der Waals surface area contributed by atoms with Gasteiger partial charge in [-0.25, -0.2) is 0 Å². The average molecular weight is 387 g/mol. The summed E-state index contributed by atoms with van der Waals surface area (Å²) in [6.45, 7) is 0. The zero-order chi connectivity index (χ0) is 18.8. The molecule has 0 unspecified atom stereocenters. The molecule has 0 amide bonds. The van der Waals surface area contributed by atoms with Crippen molar-refractivity contribution in [2.24, 2.45) is 0 Å². The van der Waals surface area contributed by atoms with Crippen LogP contribution in [0.15, 0.2) is 46.2 Å². The largest absolute Gasteiger partial charge is 0.388 e. The lowest BCUT2D eigenvalue weighted by Crippen LogP contribution is -2.08. The van der Waals surface area contributed by atoms with Crippen molar-refractivity contribution in [3.8, 4) is 0 Å². The van der Waals surface area contributed by atoms with Crippen molar-refractivity contribution in [3.63, 3.8) is 0 Å². The molecule has 11 heteroatoms. The molecule has 0 saturated heterocycles. The van der Waals surface area contributed by atoms with Crippen LogP contribution < -0.4 is 16.0 Å². The Hall–Kier alpha value is -2.34. The molecule has 0 fully saturated rings. The fourth-order valence-electron chi connectivity index (χ4n) is 2.13. The van der Waals surface area contributed by atoms with Gasteiger partial charge in [0.1, 0.15) is 9.79 Å². The second-order valence-electron chi connectivity index (χ2n) is 5.00. The van der Waals surface area contributed by atoms with Gasteiger partial charge in [-0.3, -0.25) is 9.11 Å². The van der Waals surface area contributed by atoms with Crippen LogP contribution in [0.1, 0.15) is 0 Å². The lowest BCUT2D eigenvalue weighted by atomic mass is 10.2. The van der Waals surface area contributed by atoms with E-state index in [-0.39, 0.29) is 11.4 Å². The molecule has 0 heterocycles. The van der Waals surface area contributed by atoms with Crippen molar-refractivity contribution < 1.29 is 25.9 Å². The third-order valence-corrected chi connectivity index (χ3v) is 5.15. The molecule has 2 rings (SSSR count). The van der Waals surface area contributed by atoms with Gasteiger partial charge in [0.2, 0.25) is 0 Å². The number of benzene rings is 2. The number of nitrogens with one attached hydrogen (secondary N) is 3. The molecule has 0 aromatic heterocycles. The number of anilines is 4. The topological polar surface area (TPSA) is 145 Å². The SMILES string of the molecule is CNc1ccc(Nc2ccc(NC)cc2S(=O)(=O)O)c(S(=O)(=O)O)c1. The summed E-state index contributed by atoms with van der Waals surface area (Å²) in [5.74, 6) is 0. The van der Waals surface area contributed by atoms with Crippen LogP contribution in [0.4, 0.5) is 22.7 Å². The quantitative estimate of drug-likeness (QED) is 0.470. The highest BCUT2D eigenvalue weighted by Gasteiger charge is 2.20. The lowest BCUT2D eigenvalue weighted by molar-refractivity contribution is 0.482. The second kappa shape index (κ2) is 6.88. The third-order valence-electron chi connectivity index (χ3n) is 3.37. The first-order valence-corrected chi connectivity index (χ1v) is 9.80. The van der Waals surface area contributed by atoms with E-state index in [2.05, 4.69) is 16.0 Å². The van der Waals surface area contributed by atoms with Gasteiger partial charge >= 0.3 is 0 Å². The Kier molecular flexibility index (Phi) is 5.23. The molecule has 136 valence electrons. The van der Waals surface area contributed by atoms with Crippen LogP contribution in [0.2, 0.25) is 0 Å². The van der Waals surface area contributed by atoms with E-state index in [4.69, 9.17) is 0 Å². The molecule has 0 bridgehead atoms. The molecule has 0 saturated carbocycles. The summed E-state index contributed by atoms with van der Waals surface area (Å²) in [7, 11) is -6.00. The smallest absolute Gasteiger partial charge is 0.296 e. The first-order chi connectivity index (χ1) is 11.6. The first kappa shape index (κ1) is 19.0. The zero-order valence-corrected chi connectivity index (χ0v) is 14.9. The molecular weight excluding hydrogens is 370 g/mol. The van der Waals surface area contributed by atoms with Crippen molar-refractivity contribution in [2.75, 3.05) is 30.0 Å². The van der Waals surface area contributed by atoms with Crippen molar-refractivity contribution in [3.05, 3.63) is 36.4 Å². The van der Waals surface area contributed by atoms with Crippen LogP contribution in [0.25, 0.3) is 0 Å². The maximum atomic E-state index is 11.6. The monoisotopic (exact) mass is 387 g/mol. The van der Waals surface area contributed by atoms with Gasteiger partial charge in [0.25, 0.3) is 20.2 Å². The normalized spacial score (nSPS) is 11.8. The molecule has 0 radical (unpaired) electrons. The Morgan fingerprint density at radius 3 is 1.36 bits per heavy atom. The summed E-state index contributed by atoms with van der Waals surface area (Å²) >= 11 is 0. The van der Waals surface area contributed by atoms with E-state index in [1.54, 1.807) is 14.1 Å². The molecule has 2 aromatic carbocycles. The zero-order valence-electron chi connectivity index (χ0n) is 13.3. The molecule has 5 N–H and O–H groups in total. The fraction of sp³-hybridized carbons (Fsp3) is 0.143. The van der Waals surface area contributed by atoms with Gasteiger partial charge in [0.15, 0.2) is 0 Å². The molecule has 9 nitrogen and oxygen atoms in total. The van der Waals surface area contributed by atoms with E-state index in [1.165, 1.54) is 36.4 Å². The summed E-state index contributed by atoms with van der Waals surface area (Å²) in [6, 6.07) is 8.15. The van der Waals surface area contributed by atoms with Crippen LogP contribution >= 0.6 is 0 Å². The summed E-state index contributed by atoms with van der Waals surface area (Å²) in [5, 5.41) is 8.09. The van der Waals surface area contributed by atoms with E-state index in [0.717, 1.165) is 0 Å². The average Bonchev–Trinajstić information content (AvgIpc) is 2.53. The van der Waals surface area contributed by atoms with E-state index < -0.39 is 30.0 Å². The minimum Gasteiger partial charge on any atom is -0.388 e. The lowest BCUT2D eigenvalue weighted by Gasteiger charge is -2.15. The maximum Gasteiger partial charge on any atom is 0.296 e. The number of hydrogen-bond donors (Lipinski definition) is 5. The molecule has 0 aliphatic carbocycles. The summed E-state index contributed by atoms with van der Waals surface area (Å²) in [4.78, 5) is -0.892. The van der Waals surface area contributed by atoms with Crippen molar-refractivity contribution >= 4 is 43.0 Å².